The van der Waals surface area contributed by atoms with Crippen molar-refractivity contribution in [2.45, 2.75) is 78.9 Å². The van der Waals surface area contributed by atoms with Gasteiger partial charge in [0.15, 0.2) is 0 Å². The summed E-state index contributed by atoms with van der Waals surface area (Å²) in [6, 6.07) is 0.782. The van der Waals surface area contributed by atoms with Crippen molar-refractivity contribution in [3.05, 3.63) is 21.9 Å². The Labute approximate surface area is 120 Å². The third kappa shape index (κ3) is 2.90. The van der Waals surface area contributed by atoms with Gasteiger partial charge in [-0.05, 0) is 45.1 Å². The van der Waals surface area contributed by atoms with Crippen LogP contribution < -0.4 is 4.98 Å². The van der Waals surface area contributed by atoms with Gasteiger partial charge in [-0.15, -0.1) is 0 Å². The summed E-state index contributed by atoms with van der Waals surface area (Å²) in [4.78, 5) is 4.09. The summed E-state index contributed by atoms with van der Waals surface area (Å²) in [5, 5.41) is 1.76. The molecule has 2 aliphatic rings. The van der Waals surface area contributed by atoms with Gasteiger partial charge in [-0.1, -0.05) is 55.6 Å². The van der Waals surface area contributed by atoms with Crippen molar-refractivity contribution in [2.75, 3.05) is 0 Å². The summed E-state index contributed by atoms with van der Waals surface area (Å²) in [5.74, 6) is 0.665. The molecule has 0 heterocycles. The molecule has 0 spiro atoms. The molecule has 19 heavy (non-hydrogen) atoms. The van der Waals surface area contributed by atoms with Crippen LogP contribution in [0.1, 0.15) is 59.8 Å². The van der Waals surface area contributed by atoms with Crippen LogP contribution in [0.25, 0.3) is 0 Å². The predicted octanol–water partition coefficient (Wildman–Crippen LogP) is 4.96. The van der Waals surface area contributed by atoms with Crippen molar-refractivity contribution < 1.29 is 0 Å². The fraction of sp³-hybridized carbons (Fsp3) is 0.765. The van der Waals surface area contributed by atoms with E-state index in [0.29, 0.717) is 5.92 Å². The first-order chi connectivity index (χ1) is 8.84. The molecule has 0 aliphatic heterocycles. The van der Waals surface area contributed by atoms with Crippen LogP contribution in [-0.2, 0) is 0 Å². The van der Waals surface area contributed by atoms with Crippen molar-refractivity contribution in [3.8, 4) is 0 Å². The van der Waals surface area contributed by atoms with Crippen LogP contribution in [0.3, 0.4) is 0 Å². The molecule has 1 unspecified atom stereocenters. The van der Waals surface area contributed by atoms with Crippen molar-refractivity contribution in [3.63, 3.8) is 0 Å². The largest absolute Gasteiger partial charge is 0.331 e. The monoisotopic (exact) mass is 277 g/mol. The van der Waals surface area contributed by atoms with Gasteiger partial charge in [0.2, 0.25) is 0 Å². The highest BCUT2D eigenvalue weighted by Gasteiger charge is 2.37. The van der Waals surface area contributed by atoms with Crippen LogP contribution >= 0.6 is 0 Å². The van der Waals surface area contributed by atoms with E-state index in [-0.39, 0.29) is 0 Å². The van der Waals surface area contributed by atoms with Gasteiger partial charge in [-0.3, -0.25) is 0 Å². The quantitative estimate of drug-likeness (QED) is 0.719. The van der Waals surface area contributed by atoms with Gasteiger partial charge in [0.05, 0.1) is 0 Å². The smallest absolute Gasteiger partial charge is 0.148 e. The summed E-state index contributed by atoms with van der Waals surface area (Å²) in [6.45, 7) is 14.4. The minimum Gasteiger partial charge on any atom is -0.331 e. The van der Waals surface area contributed by atoms with E-state index in [9.17, 15) is 0 Å². The molecule has 0 bridgehead atoms. The van der Waals surface area contributed by atoms with E-state index in [2.05, 4.69) is 45.8 Å². The second-order valence-electron chi connectivity index (χ2n) is 7.17. The van der Waals surface area contributed by atoms with E-state index < -0.39 is 8.24 Å². The maximum Gasteiger partial charge on any atom is 0.148 e. The molecule has 1 saturated carbocycles. The van der Waals surface area contributed by atoms with Crippen molar-refractivity contribution >= 4 is 8.24 Å². The summed E-state index contributed by atoms with van der Waals surface area (Å²) >= 11 is 0. The zero-order chi connectivity index (χ0) is 14.2. The average molecular weight is 278 g/mol. The number of rotatable bonds is 3. The Morgan fingerprint density at radius 2 is 1.53 bits per heavy atom. The molecule has 1 nitrogen and oxygen atoms in total. The zero-order valence-electron chi connectivity index (χ0n) is 13.7. The molecule has 0 radical (unpaired) electrons. The molecule has 0 aromatic heterocycles. The summed E-state index contributed by atoms with van der Waals surface area (Å²) in [5.41, 5.74) is 4.73. The molecule has 0 saturated heterocycles. The van der Waals surface area contributed by atoms with Gasteiger partial charge in [0.25, 0.3) is 0 Å². The number of hydrogen-bond acceptors (Lipinski definition) is 1. The first-order valence-electron chi connectivity index (χ1n) is 8.01. The first-order valence-corrected chi connectivity index (χ1v) is 11.0. The molecule has 108 valence electrons. The van der Waals surface area contributed by atoms with E-state index in [1.807, 2.05) is 0 Å². The van der Waals surface area contributed by atoms with Gasteiger partial charge >= 0.3 is 0 Å². The third-order valence-electron chi connectivity index (χ3n) is 5.48. The SMILES string of the molecule is CC1=C(C)C(C)C([Si](C)(C)NC2CCCCC2)=C1C. The van der Waals surface area contributed by atoms with Crippen LogP contribution in [0, 0.1) is 5.92 Å². The van der Waals surface area contributed by atoms with Crippen LogP contribution in [0.4, 0.5) is 0 Å². The Kier molecular flexibility index (Phi) is 4.41. The Bertz CT molecular complexity index is 411. The lowest BCUT2D eigenvalue weighted by Gasteiger charge is -2.36. The van der Waals surface area contributed by atoms with E-state index in [4.69, 9.17) is 0 Å². The molecule has 1 fully saturated rings. The molecule has 2 aliphatic carbocycles. The van der Waals surface area contributed by atoms with E-state index >= 15 is 0 Å². The lowest BCUT2D eigenvalue weighted by molar-refractivity contribution is 0.414. The van der Waals surface area contributed by atoms with Crippen molar-refractivity contribution in [2.24, 2.45) is 5.92 Å². The molecule has 0 aromatic carbocycles. The highest BCUT2D eigenvalue weighted by Crippen LogP contribution is 2.40. The Morgan fingerprint density at radius 3 is 2.00 bits per heavy atom. The van der Waals surface area contributed by atoms with Crippen molar-refractivity contribution in [1.29, 1.82) is 0 Å². The zero-order valence-corrected chi connectivity index (χ0v) is 14.7. The topological polar surface area (TPSA) is 12.0 Å². The van der Waals surface area contributed by atoms with Crippen molar-refractivity contribution in [1.82, 2.24) is 4.98 Å². The Morgan fingerprint density at radius 1 is 0.947 bits per heavy atom. The lowest BCUT2D eigenvalue weighted by atomic mass is 9.96. The Hall–Kier alpha value is -0.343. The summed E-state index contributed by atoms with van der Waals surface area (Å²) in [6.07, 6.45) is 7.07. The average Bonchev–Trinajstić information content (AvgIpc) is 2.55. The highest BCUT2D eigenvalue weighted by molar-refractivity contribution is 6.82. The van der Waals surface area contributed by atoms with E-state index in [1.165, 1.54) is 32.1 Å². The molecule has 1 atom stereocenters. The molecular weight excluding hydrogens is 246 g/mol. The number of nitrogens with one attached hydrogen (secondary N) is 1. The maximum absolute atomic E-state index is 4.09. The minimum absolute atomic E-state index is 0.665. The number of hydrogen-bond donors (Lipinski definition) is 1. The van der Waals surface area contributed by atoms with Gasteiger partial charge in [0.1, 0.15) is 8.24 Å². The fourth-order valence-electron chi connectivity index (χ4n) is 4.21. The molecule has 0 amide bonds. The maximum atomic E-state index is 4.09. The fourth-order valence-corrected chi connectivity index (χ4v) is 8.10. The molecule has 0 aromatic rings. The minimum atomic E-state index is -1.48. The standard InChI is InChI=1S/C17H31NSi/c1-12-13(2)15(4)17(14(12)3)19(5,6)18-16-10-8-7-9-11-16/h14,16,18H,7-11H2,1-6H3. The van der Waals surface area contributed by atoms with Crippen LogP contribution in [0.2, 0.25) is 13.1 Å². The van der Waals surface area contributed by atoms with Gasteiger partial charge in [-0.25, -0.2) is 0 Å². The van der Waals surface area contributed by atoms with Crippen LogP contribution in [0.15, 0.2) is 21.9 Å². The third-order valence-corrected chi connectivity index (χ3v) is 8.77. The van der Waals surface area contributed by atoms with Gasteiger partial charge in [-0.2, -0.15) is 0 Å². The van der Waals surface area contributed by atoms with Gasteiger partial charge < -0.3 is 4.98 Å². The van der Waals surface area contributed by atoms with Gasteiger partial charge in [0, 0.05) is 6.04 Å². The molecule has 2 rings (SSSR count). The summed E-state index contributed by atoms with van der Waals surface area (Å²) in [7, 11) is -1.48. The van der Waals surface area contributed by atoms with Crippen LogP contribution in [-0.4, -0.2) is 14.3 Å². The first kappa shape index (κ1) is 15.1. The second kappa shape index (κ2) is 5.57. The van der Waals surface area contributed by atoms with E-state index in [1.54, 1.807) is 21.9 Å². The Balaban J connectivity index is 2.16. The normalized spacial score (nSPS) is 26.5. The second-order valence-corrected chi connectivity index (χ2v) is 11.2. The van der Waals surface area contributed by atoms with E-state index in [0.717, 1.165) is 6.04 Å². The lowest BCUT2D eigenvalue weighted by Crippen LogP contribution is -2.53. The summed E-state index contributed by atoms with van der Waals surface area (Å²) < 4.78 is 0. The number of allylic oxidation sites excluding steroid dienone is 4. The molecule has 2 heteroatoms. The molecular formula is C17H31NSi. The predicted molar refractivity (Wildman–Crippen MR) is 87.7 cm³/mol. The van der Waals surface area contributed by atoms with Crippen LogP contribution in [0.5, 0.6) is 0 Å². The highest BCUT2D eigenvalue weighted by atomic mass is 28.3. The molecule has 1 N–H and O–H groups in total.